The molecule has 0 bridgehead atoms. The van der Waals surface area contributed by atoms with Gasteiger partial charge in [0.1, 0.15) is 0 Å². The first-order valence-electron chi connectivity index (χ1n) is 4.35. The molecular formula is C10H11N3OS. The van der Waals surface area contributed by atoms with Crippen molar-refractivity contribution in [1.29, 1.82) is 5.26 Å². The van der Waals surface area contributed by atoms with E-state index in [4.69, 9.17) is 11.0 Å². The van der Waals surface area contributed by atoms with Gasteiger partial charge in [-0.05, 0) is 18.2 Å². The molecule has 1 unspecified atom stereocenters. The summed E-state index contributed by atoms with van der Waals surface area (Å²) in [5.74, 6) is -0.0240. The standard InChI is InChI=1S/C10H11N3OS/c11-5-7-2-1-3-8(4-7)13-10(14)9(12)6-15/h1-4,9,15H,6,12H2,(H,13,14). The molecule has 0 saturated carbocycles. The molecule has 1 aromatic carbocycles. The van der Waals surface area contributed by atoms with Gasteiger partial charge in [-0.15, -0.1) is 0 Å². The Morgan fingerprint density at radius 1 is 1.67 bits per heavy atom. The van der Waals surface area contributed by atoms with Gasteiger partial charge < -0.3 is 11.1 Å². The van der Waals surface area contributed by atoms with Crippen molar-refractivity contribution < 1.29 is 4.79 Å². The number of hydrogen-bond donors (Lipinski definition) is 3. The number of nitriles is 1. The molecular weight excluding hydrogens is 210 g/mol. The first-order chi connectivity index (χ1) is 7.17. The third kappa shape index (κ3) is 3.27. The summed E-state index contributed by atoms with van der Waals surface area (Å²) in [6.45, 7) is 0. The van der Waals surface area contributed by atoms with Gasteiger partial charge in [0.15, 0.2) is 0 Å². The van der Waals surface area contributed by atoms with Crippen molar-refractivity contribution in [2.75, 3.05) is 11.1 Å². The highest BCUT2D eigenvalue weighted by molar-refractivity contribution is 7.80. The zero-order valence-corrected chi connectivity index (χ0v) is 8.87. The number of nitrogens with zero attached hydrogens (tertiary/aromatic N) is 1. The summed E-state index contributed by atoms with van der Waals surface area (Å²) < 4.78 is 0. The Bertz CT molecular complexity index is 400. The SMILES string of the molecule is N#Cc1cccc(NC(=O)C(N)CS)c1. The van der Waals surface area contributed by atoms with E-state index in [1.807, 2.05) is 6.07 Å². The van der Waals surface area contributed by atoms with E-state index in [9.17, 15) is 4.79 Å². The minimum atomic E-state index is -0.640. The highest BCUT2D eigenvalue weighted by Crippen LogP contribution is 2.09. The number of hydrogen-bond acceptors (Lipinski definition) is 4. The molecule has 1 aromatic rings. The number of carbonyl (C=O) groups excluding carboxylic acids is 1. The zero-order valence-electron chi connectivity index (χ0n) is 7.97. The van der Waals surface area contributed by atoms with Gasteiger partial charge in [-0.2, -0.15) is 17.9 Å². The number of thiol groups is 1. The molecule has 1 amide bonds. The minimum Gasteiger partial charge on any atom is -0.325 e. The maximum Gasteiger partial charge on any atom is 0.242 e. The zero-order chi connectivity index (χ0) is 11.3. The third-order valence-corrected chi connectivity index (χ3v) is 2.19. The predicted octanol–water partition coefficient (Wildman–Crippen LogP) is 0.754. The minimum absolute atomic E-state index is 0.282. The molecule has 0 fully saturated rings. The molecule has 5 heteroatoms. The molecule has 0 aliphatic heterocycles. The second kappa shape index (κ2) is 5.39. The van der Waals surface area contributed by atoms with Crippen LogP contribution in [0.25, 0.3) is 0 Å². The lowest BCUT2D eigenvalue weighted by molar-refractivity contribution is -0.116. The number of anilines is 1. The van der Waals surface area contributed by atoms with E-state index in [0.717, 1.165) is 0 Å². The van der Waals surface area contributed by atoms with Gasteiger partial charge in [0, 0.05) is 11.4 Å². The van der Waals surface area contributed by atoms with Crippen LogP contribution in [0.3, 0.4) is 0 Å². The number of rotatable bonds is 3. The van der Waals surface area contributed by atoms with Crippen LogP contribution in [0.1, 0.15) is 5.56 Å². The van der Waals surface area contributed by atoms with Crippen LogP contribution in [0.5, 0.6) is 0 Å². The molecule has 3 N–H and O–H groups in total. The predicted molar refractivity (Wildman–Crippen MR) is 61.6 cm³/mol. The Hall–Kier alpha value is -1.51. The molecule has 0 radical (unpaired) electrons. The molecule has 0 saturated heterocycles. The van der Waals surface area contributed by atoms with Crippen molar-refractivity contribution in [2.45, 2.75) is 6.04 Å². The van der Waals surface area contributed by atoms with E-state index in [1.165, 1.54) is 0 Å². The Kier molecular flexibility index (Phi) is 4.16. The molecule has 15 heavy (non-hydrogen) atoms. The highest BCUT2D eigenvalue weighted by Gasteiger charge is 2.11. The van der Waals surface area contributed by atoms with Gasteiger partial charge in [-0.25, -0.2) is 0 Å². The van der Waals surface area contributed by atoms with Gasteiger partial charge >= 0.3 is 0 Å². The summed E-state index contributed by atoms with van der Waals surface area (Å²) in [5, 5.41) is 11.3. The fourth-order valence-electron chi connectivity index (χ4n) is 0.984. The summed E-state index contributed by atoms with van der Waals surface area (Å²) in [6, 6.07) is 7.99. The molecule has 4 nitrogen and oxygen atoms in total. The van der Waals surface area contributed by atoms with Gasteiger partial charge in [-0.1, -0.05) is 6.07 Å². The lowest BCUT2D eigenvalue weighted by Crippen LogP contribution is -2.37. The molecule has 0 heterocycles. The number of nitrogens with two attached hydrogens (primary N) is 1. The van der Waals surface area contributed by atoms with Crippen LogP contribution in [0, 0.1) is 11.3 Å². The summed E-state index contributed by atoms with van der Waals surface area (Å²) in [4.78, 5) is 11.4. The Morgan fingerprint density at radius 3 is 3.00 bits per heavy atom. The number of nitrogens with one attached hydrogen (secondary N) is 1. The molecule has 0 aliphatic rings. The normalized spacial score (nSPS) is 11.5. The summed E-state index contributed by atoms with van der Waals surface area (Å²) >= 11 is 3.92. The molecule has 0 aliphatic carbocycles. The van der Waals surface area contributed by atoms with Crippen molar-refractivity contribution in [3.8, 4) is 6.07 Å². The Morgan fingerprint density at radius 2 is 2.40 bits per heavy atom. The monoisotopic (exact) mass is 221 g/mol. The molecule has 0 aromatic heterocycles. The van der Waals surface area contributed by atoms with E-state index in [0.29, 0.717) is 11.3 Å². The average molecular weight is 221 g/mol. The van der Waals surface area contributed by atoms with Crippen molar-refractivity contribution in [3.05, 3.63) is 29.8 Å². The van der Waals surface area contributed by atoms with Crippen molar-refractivity contribution in [2.24, 2.45) is 5.73 Å². The van der Waals surface area contributed by atoms with Crippen LogP contribution >= 0.6 is 12.6 Å². The van der Waals surface area contributed by atoms with Gasteiger partial charge in [0.25, 0.3) is 0 Å². The van der Waals surface area contributed by atoms with Crippen LogP contribution in [0.2, 0.25) is 0 Å². The second-order valence-corrected chi connectivity index (χ2v) is 3.34. The van der Waals surface area contributed by atoms with Gasteiger partial charge in [0.05, 0.1) is 17.7 Å². The third-order valence-electron chi connectivity index (χ3n) is 1.79. The van der Waals surface area contributed by atoms with Crippen LogP contribution in [0.15, 0.2) is 24.3 Å². The van der Waals surface area contributed by atoms with Crippen LogP contribution in [-0.2, 0) is 4.79 Å². The number of carbonyl (C=O) groups is 1. The lowest BCUT2D eigenvalue weighted by atomic mass is 10.2. The van der Waals surface area contributed by atoms with Crippen LogP contribution in [-0.4, -0.2) is 17.7 Å². The Balaban J connectivity index is 2.73. The van der Waals surface area contributed by atoms with Crippen molar-refractivity contribution in [1.82, 2.24) is 0 Å². The van der Waals surface area contributed by atoms with Gasteiger partial charge in [0.2, 0.25) is 5.91 Å². The summed E-state index contributed by atoms with van der Waals surface area (Å²) in [5.41, 5.74) is 6.54. The topological polar surface area (TPSA) is 78.9 Å². The first kappa shape index (κ1) is 11.6. The highest BCUT2D eigenvalue weighted by atomic mass is 32.1. The number of amides is 1. The maximum absolute atomic E-state index is 11.4. The fraction of sp³-hybridized carbons (Fsp3) is 0.200. The molecule has 1 atom stereocenters. The van der Waals surface area contributed by atoms with E-state index >= 15 is 0 Å². The molecule has 78 valence electrons. The van der Waals surface area contributed by atoms with Crippen LogP contribution < -0.4 is 11.1 Å². The smallest absolute Gasteiger partial charge is 0.242 e. The largest absolute Gasteiger partial charge is 0.325 e. The van der Waals surface area contributed by atoms with Crippen molar-refractivity contribution in [3.63, 3.8) is 0 Å². The van der Waals surface area contributed by atoms with E-state index in [2.05, 4.69) is 17.9 Å². The van der Waals surface area contributed by atoms with Gasteiger partial charge in [-0.3, -0.25) is 4.79 Å². The second-order valence-electron chi connectivity index (χ2n) is 2.97. The molecule has 0 spiro atoms. The van der Waals surface area contributed by atoms with E-state index in [1.54, 1.807) is 24.3 Å². The summed E-state index contributed by atoms with van der Waals surface area (Å²) in [6.07, 6.45) is 0. The fourth-order valence-corrected chi connectivity index (χ4v) is 1.15. The first-order valence-corrected chi connectivity index (χ1v) is 4.98. The van der Waals surface area contributed by atoms with E-state index in [-0.39, 0.29) is 11.7 Å². The number of benzene rings is 1. The lowest BCUT2D eigenvalue weighted by Gasteiger charge is -2.09. The van der Waals surface area contributed by atoms with E-state index < -0.39 is 6.04 Å². The van der Waals surface area contributed by atoms with Crippen molar-refractivity contribution >= 4 is 24.2 Å². The quantitative estimate of drug-likeness (QED) is 0.659. The van der Waals surface area contributed by atoms with Crippen LogP contribution in [0.4, 0.5) is 5.69 Å². The maximum atomic E-state index is 11.4. The molecule has 1 rings (SSSR count). The summed E-state index contributed by atoms with van der Waals surface area (Å²) in [7, 11) is 0. The average Bonchev–Trinajstić information content (AvgIpc) is 2.28. The Labute approximate surface area is 93.5 Å².